The van der Waals surface area contributed by atoms with Gasteiger partial charge in [-0.3, -0.25) is 4.79 Å². The Labute approximate surface area is 149 Å². The molecule has 1 aromatic heterocycles. The molecule has 2 saturated heterocycles. The van der Waals surface area contributed by atoms with Crippen molar-refractivity contribution < 1.29 is 0 Å². The van der Waals surface area contributed by atoms with Crippen LogP contribution in [0.15, 0.2) is 16.9 Å². The van der Waals surface area contributed by atoms with Crippen LogP contribution in [0.2, 0.25) is 0 Å². The minimum atomic E-state index is -0.0138. The molecule has 0 spiro atoms. The van der Waals surface area contributed by atoms with Crippen LogP contribution >= 0.6 is 11.8 Å². The quantitative estimate of drug-likeness (QED) is 0.885. The number of hydrogen-bond donors (Lipinski definition) is 1. The summed E-state index contributed by atoms with van der Waals surface area (Å²) in [6, 6.07) is 4.82. The first kappa shape index (κ1) is 17.8. The minimum absolute atomic E-state index is 0.0138. The van der Waals surface area contributed by atoms with E-state index in [0.717, 1.165) is 18.9 Å². The average molecular weight is 351 g/mol. The Morgan fingerprint density at radius 3 is 2.79 bits per heavy atom. The third-order valence-corrected chi connectivity index (χ3v) is 6.13. The largest absolute Gasteiger partial charge is 0.351 e. The summed E-state index contributed by atoms with van der Waals surface area (Å²) >= 11 is 2.07. The van der Waals surface area contributed by atoms with E-state index in [1.165, 1.54) is 43.6 Å². The third kappa shape index (κ3) is 4.33. The average Bonchev–Trinajstić information content (AvgIpc) is 2.61. The first-order valence-electron chi connectivity index (χ1n) is 9.33. The molecule has 134 valence electrons. The lowest BCUT2D eigenvalue weighted by Gasteiger charge is -2.38. The highest BCUT2D eigenvalue weighted by molar-refractivity contribution is 7.99. The lowest BCUT2D eigenvalue weighted by molar-refractivity contribution is 0.391. The van der Waals surface area contributed by atoms with Crippen LogP contribution in [-0.4, -0.2) is 46.5 Å². The molecule has 5 nitrogen and oxygen atoms in total. The second-order valence-corrected chi connectivity index (χ2v) is 8.43. The van der Waals surface area contributed by atoms with Crippen molar-refractivity contribution in [3.63, 3.8) is 0 Å². The Bertz CT molecular complexity index is 583. The van der Waals surface area contributed by atoms with Crippen LogP contribution in [0.5, 0.6) is 0 Å². The summed E-state index contributed by atoms with van der Waals surface area (Å²) < 4.78 is 1.60. The molecule has 0 amide bonds. The molecule has 24 heavy (non-hydrogen) atoms. The van der Waals surface area contributed by atoms with Gasteiger partial charge in [0.15, 0.2) is 0 Å². The lowest BCUT2D eigenvalue weighted by Crippen LogP contribution is -2.49. The molecule has 2 fully saturated rings. The molecule has 0 bridgehead atoms. The van der Waals surface area contributed by atoms with E-state index in [2.05, 4.69) is 27.1 Å². The maximum absolute atomic E-state index is 12.0. The zero-order chi connectivity index (χ0) is 16.9. The van der Waals surface area contributed by atoms with E-state index >= 15 is 0 Å². The van der Waals surface area contributed by atoms with Crippen LogP contribution in [0.3, 0.4) is 0 Å². The smallest absolute Gasteiger partial charge is 0.267 e. The fraction of sp³-hybridized carbons (Fsp3) is 0.778. The molecule has 1 atom stereocenters. The zero-order valence-corrected chi connectivity index (χ0v) is 15.7. The molecule has 2 aliphatic heterocycles. The van der Waals surface area contributed by atoms with Crippen LogP contribution in [0.4, 0.5) is 5.82 Å². The van der Waals surface area contributed by atoms with Crippen LogP contribution < -0.4 is 15.8 Å². The van der Waals surface area contributed by atoms with E-state index in [-0.39, 0.29) is 11.6 Å². The van der Waals surface area contributed by atoms with Gasteiger partial charge in [-0.1, -0.05) is 0 Å². The third-order valence-electron chi connectivity index (χ3n) is 5.08. The SMILES string of the molecule is CC(C)n1nc(N2CCCCC2CNC2CCSCC2)ccc1=O. The van der Waals surface area contributed by atoms with E-state index in [1.54, 1.807) is 10.7 Å². The van der Waals surface area contributed by atoms with Crippen molar-refractivity contribution in [2.45, 2.75) is 64.1 Å². The monoisotopic (exact) mass is 350 g/mol. The Balaban J connectivity index is 1.69. The molecule has 2 aliphatic rings. The number of anilines is 1. The van der Waals surface area contributed by atoms with Gasteiger partial charge in [-0.25, -0.2) is 4.68 Å². The molecule has 0 radical (unpaired) electrons. The fourth-order valence-corrected chi connectivity index (χ4v) is 4.76. The highest BCUT2D eigenvalue weighted by Gasteiger charge is 2.25. The predicted octanol–water partition coefficient (Wildman–Crippen LogP) is 2.67. The van der Waals surface area contributed by atoms with Gasteiger partial charge in [0.1, 0.15) is 5.82 Å². The second-order valence-electron chi connectivity index (χ2n) is 7.21. The first-order chi connectivity index (χ1) is 11.6. The molecule has 1 N–H and O–H groups in total. The summed E-state index contributed by atoms with van der Waals surface area (Å²) in [6.07, 6.45) is 6.27. The molecule has 1 unspecified atom stereocenters. The number of rotatable bonds is 5. The summed E-state index contributed by atoms with van der Waals surface area (Å²) in [5, 5.41) is 8.43. The van der Waals surface area contributed by atoms with E-state index in [1.807, 2.05) is 19.9 Å². The van der Waals surface area contributed by atoms with E-state index in [9.17, 15) is 4.79 Å². The number of nitrogens with one attached hydrogen (secondary N) is 1. The molecular weight excluding hydrogens is 320 g/mol. The molecular formula is C18H30N4OS. The van der Waals surface area contributed by atoms with Crippen LogP contribution in [0.1, 0.15) is 52.0 Å². The number of hydrogen-bond acceptors (Lipinski definition) is 5. The maximum Gasteiger partial charge on any atom is 0.267 e. The summed E-state index contributed by atoms with van der Waals surface area (Å²) in [7, 11) is 0. The number of nitrogens with zero attached hydrogens (tertiary/aromatic N) is 3. The van der Waals surface area contributed by atoms with Gasteiger partial charge < -0.3 is 10.2 Å². The van der Waals surface area contributed by atoms with Crippen LogP contribution in [0.25, 0.3) is 0 Å². The number of thioether (sulfide) groups is 1. The lowest BCUT2D eigenvalue weighted by atomic mass is 10.0. The second kappa shape index (κ2) is 8.39. The summed E-state index contributed by atoms with van der Waals surface area (Å²) in [5.74, 6) is 3.52. The van der Waals surface area contributed by atoms with Crippen LogP contribution in [0, 0.1) is 0 Å². The fourth-order valence-electron chi connectivity index (χ4n) is 3.66. The van der Waals surface area contributed by atoms with Crippen molar-refractivity contribution in [3.05, 3.63) is 22.5 Å². The maximum atomic E-state index is 12.0. The van der Waals surface area contributed by atoms with Gasteiger partial charge in [-0.05, 0) is 63.5 Å². The minimum Gasteiger partial charge on any atom is -0.351 e. The number of aromatic nitrogens is 2. The molecule has 0 aliphatic carbocycles. The standard InChI is InChI=1S/C18H30N4OS/c1-14(2)22-18(23)7-6-17(20-22)21-10-4-3-5-16(21)13-19-15-8-11-24-12-9-15/h6-7,14-16,19H,3-5,8-13H2,1-2H3. The highest BCUT2D eigenvalue weighted by atomic mass is 32.2. The van der Waals surface area contributed by atoms with Gasteiger partial charge in [-0.15, -0.1) is 0 Å². The zero-order valence-electron chi connectivity index (χ0n) is 14.9. The van der Waals surface area contributed by atoms with Crippen molar-refractivity contribution in [1.82, 2.24) is 15.1 Å². The van der Waals surface area contributed by atoms with Crippen molar-refractivity contribution in [2.24, 2.45) is 0 Å². The molecule has 0 aromatic carbocycles. The summed E-state index contributed by atoms with van der Waals surface area (Å²) in [4.78, 5) is 14.4. The van der Waals surface area contributed by atoms with Gasteiger partial charge in [0.05, 0.1) is 6.04 Å². The van der Waals surface area contributed by atoms with E-state index in [0.29, 0.717) is 12.1 Å². The topological polar surface area (TPSA) is 50.2 Å². The van der Waals surface area contributed by atoms with Gasteiger partial charge in [0.25, 0.3) is 5.56 Å². The Hall–Kier alpha value is -1.01. The molecule has 3 heterocycles. The first-order valence-corrected chi connectivity index (χ1v) is 10.5. The molecule has 6 heteroatoms. The van der Waals surface area contributed by atoms with Crippen molar-refractivity contribution >= 4 is 17.6 Å². The summed E-state index contributed by atoms with van der Waals surface area (Å²) in [6.45, 7) is 6.08. The van der Waals surface area contributed by atoms with Gasteiger partial charge in [-0.2, -0.15) is 16.9 Å². The van der Waals surface area contributed by atoms with Crippen molar-refractivity contribution in [2.75, 3.05) is 29.5 Å². The summed E-state index contributed by atoms with van der Waals surface area (Å²) in [5.41, 5.74) is -0.0138. The normalized spacial score (nSPS) is 23.0. The van der Waals surface area contributed by atoms with E-state index in [4.69, 9.17) is 0 Å². The van der Waals surface area contributed by atoms with Gasteiger partial charge in [0.2, 0.25) is 0 Å². The van der Waals surface area contributed by atoms with Crippen molar-refractivity contribution in [1.29, 1.82) is 0 Å². The van der Waals surface area contributed by atoms with Gasteiger partial charge in [0, 0.05) is 31.2 Å². The Morgan fingerprint density at radius 1 is 1.25 bits per heavy atom. The molecule has 1 aromatic rings. The van der Waals surface area contributed by atoms with Gasteiger partial charge >= 0.3 is 0 Å². The Morgan fingerprint density at radius 2 is 2.04 bits per heavy atom. The highest BCUT2D eigenvalue weighted by Crippen LogP contribution is 2.23. The van der Waals surface area contributed by atoms with Crippen molar-refractivity contribution in [3.8, 4) is 0 Å². The van der Waals surface area contributed by atoms with E-state index < -0.39 is 0 Å². The number of piperidine rings is 1. The predicted molar refractivity (Wildman–Crippen MR) is 102 cm³/mol. The van der Waals surface area contributed by atoms with Crippen LogP contribution in [-0.2, 0) is 0 Å². The Kier molecular flexibility index (Phi) is 6.22. The molecule has 0 saturated carbocycles. The molecule has 3 rings (SSSR count).